The van der Waals surface area contributed by atoms with Crippen LogP contribution in [-0.4, -0.2) is 98.3 Å². The first-order chi connectivity index (χ1) is 30.9. The molecular formula is C50H91O13P. The van der Waals surface area contributed by atoms with E-state index in [9.17, 15) is 44.6 Å². The number of phosphoric acid groups is 1. The van der Waals surface area contributed by atoms with E-state index in [2.05, 4.69) is 50.3 Å². The summed E-state index contributed by atoms with van der Waals surface area (Å²) in [5, 5.41) is 50.2. The van der Waals surface area contributed by atoms with Gasteiger partial charge in [0, 0.05) is 12.8 Å². The van der Waals surface area contributed by atoms with E-state index in [1.165, 1.54) is 109 Å². The number of aliphatic hydroxyl groups excluding tert-OH is 5. The highest BCUT2D eigenvalue weighted by atomic mass is 31.2. The molecule has 374 valence electrons. The minimum absolute atomic E-state index is 0.0812. The quantitative estimate of drug-likeness (QED) is 0.0146. The van der Waals surface area contributed by atoms with E-state index in [-0.39, 0.29) is 12.8 Å². The fourth-order valence-electron chi connectivity index (χ4n) is 7.59. The first-order valence-electron chi connectivity index (χ1n) is 25.3. The summed E-state index contributed by atoms with van der Waals surface area (Å²) in [5.41, 5.74) is 0. The fourth-order valence-corrected chi connectivity index (χ4v) is 8.57. The molecule has 0 amide bonds. The van der Waals surface area contributed by atoms with Crippen molar-refractivity contribution in [2.75, 3.05) is 13.2 Å². The molecule has 0 radical (unpaired) electrons. The lowest BCUT2D eigenvalue weighted by molar-refractivity contribution is -0.220. The second-order valence-corrected chi connectivity index (χ2v) is 19.1. The van der Waals surface area contributed by atoms with E-state index in [4.69, 9.17) is 18.5 Å². The Morgan fingerprint density at radius 3 is 1.33 bits per heavy atom. The van der Waals surface area contributed by atoms with Gasteiger partial charge in [-0.2, -0.15) is 0 Å². The van der Waals surface area contributed by atoms with E-state index in [1.54, 1.807) is 0 Å². The van der Waals surface area contributed by atoms with Crippen LogP contribution < -0.4 is 0 Å². The molecule has 0 aromatic rings. The largest absolute Gasteiger partial charge is 0.472 e. The Morgan fingerprint density at radius 1 is 0.484 bits per heavy atom. The zero-order chi connectivity index (χ0) is 47.1. The first kappa shape index (κ1) is 60.1. The maximum absolute atomic E-state index is 12.8. The summed E-state index contributed by atoms with van der Waals surface area (Å²) in [4.78, 5) is 35.8. The average Bonchev–Trinajstić information content (AvgIpc) is 3.28. The van der Waals surface area contributed by atoms with Gasteiger partial charge in [0.25, 0.3) is 0 Å². The Bertz CT molecular complexity index is 1260. The van der Waals surface area contributed by atoms with Crippen LogP contribution in [0.5, 0.6) is 0 Å². The molecule has 6 unspecified atom stereocenters. The Balaban J connectivity index is 2.38. The topological polar surface area (TPSA) is 210 Å². The van der Waals surface area contributed by atoms with Gasteiger partial charge in [0.15, 0.2) is 6.10 Å². The van der Waals surface area contributed by atoms with Crippen molar-refractivity contribution in [2.24, 2.45) is 0 Å². The zero-order valence-corrected chi connectivity index (χ0v) is 40.7. The second-order valence-electron chi connectivity index (χ2n) is 17.7. The van der Waals surface area contributed by atoms with E-state index in [0.717, 1.165) is 64.2 Å². The third-order valence-corrected chi connectivity index (χ3v) is 12.7. The summed E-state index contributed by atoms with van der Waals surface area (Å²) in [7, 11) is -5.12. The van der Waals surface area contributed by atoms with Gasteiger partial charge in [-0.05, 0) is 64.2 Å². The highest BCUT2D eigenvalue weighted by Gasteiger charge is 2.51. The van der Waals surface area contributed by atoms with Gasteiger partial charge in [0.05, 0.1) is 6.61 Å². The number of hydrogen-bond acceptors (Lipinski definition) is 12. The number of carbonyl (C=O) groups excluding carboxylic acids is 2. The minimum atomic E-state index is -5.12. The van der Waals surface area contributed by atoms with Gasteiger partial charge in [0.1, 0.15) is 43.2 Å². The molecule has 0 spiro atoms. The molecule has 1 fully saturated rings. The Hall–Kier alpha value is -1.93. The Labute approximate surface area is 387 Å². The molecule has 6 N–H and O–H groups in total. The molecule has 14 heteroatoms. The van der Waals surface area contributed by atoms with Crippen molar-refractivity contribution in [3.63, 3.8) is 0 Å². The van der Waals surface area contributed by atoms with Crippen molar-refractivity contribution < 1.29 is 63.1 Å². The van der Waals surface area contributed by atoms with Crippen molar-refractivity contribution in [2.45, 2.75) is 256 Å². The highest BCUT2D eigenvalue weighted by Crippen LogP contribution is 2.47. The average molecular weight is 931 g/mol. The molecule has 1 aliphatic carbocycles. The molecule has 0 heterocycles. The lowest BCUT2D eigenvalue weighted by atomic mass is 9.85. The molecule has 1 rings (SSSR count). The molecule has 0 saturated heterocycles. The van der Waals surface area contributed by atoms with Gasteiger partial charge in [-0.1, -0.05) is 172 Å². The third kappa shape index (κ3) is 31.9. The van der Waals surface area contributed by atoms with Crippen LogP contribution in [0.25, 0.3) is 0 Å². The predicted molar refractivity (Wildman–Crippen MR) is 253 cm³/mol. The molecule has 0 aromatic carbocycles. The van der Waals surface area contributed by atoms with Crippen LogP contribution in [-0.2, 0) is 32.7 Å². The van der Waals surface area contributed by atoms with Crippen molar-refractivity contribution in [3.05, 3.63) is 36.5 Å². The Morgan fingerprint density at radius 2 is 0.859 bits per heavy atom. The van der Waals surface area contributed by atoms with Crippen LogP contribution >= 0.6 is 7.82 Å². The molecule has 0 aromatic heterocycles. The number of unbranched alkanes of at least 4 members (excludes halogenated alkanes) is 24. The van der Waals surface area contributed by atoms with E-state index < -0.39 is 75.7 Å². The van der Waals surface area contributed by atoms with Crippen molar-refractivity contribution >= 4 is 19.8 Å². The zero-order valence-electron chi connectivity index (χ0n) is 39.8. The van der Waals surface area contributed by atoms with E-state index >= 15 is 0 Å². The number of allylic oxidation sites excluding steroid dienone is 6. The number of ether oxygens (including phenoxy) is 2. The summed E-state index contributed by atoms with van der Waals surface area (Å²) in [6.45, 7) is 3.26. The molecule has 64 heavy (non-hydrogen) atoms. The number of rotatable bonds is 42. The van der Waals surface area contributed by atoms with Crippen LogP contribution in [0.2, 0.25) is 0 Å². The number of hydrogen-bond donors (Lipinski definition) is 6. The number of esters is 2. The monoisotopic (exact) mass is 931 g/mol. The van der Waals surface area contributed by atoms with Crippen LogP contribution in [0.1, 0.15) is 213 Å². The maximum atomic E-state index is 12.8. The predicted octanol–water partition coefficient (Wildman–Crippen LogP) is 10.6. The van der Waals surface area contributed by atoms with E-state index in [0.29, 0.717) is 12.8 Å². The van der Waals surface area contributed by atoms with Gasteiger partial charge in [-0.3, -0.25) is 18.6 Å². The van der Waals surface area contributed by atoms with Gasteiger partial charge >= 0.3 is 19.8 Å². The summed E-state index contributed by atoms with van der Waals surface area (Å²) >= 11 is 0. The number of phosphoric ester groups is 1. The Kier molecular flexibility index (Phi) is 37.7. The number of carbonyl (C=O) groups is 2. The lowest BCUT2D eigenvalue weighted by Crippen LogP contribution is -2.64. The van der Waals surface area contributed by atoms with Crippen molar-refractivity contribution in [1.29, 1.82) is 0 Å². The van der Waals surface area contributed by atoms with Crippen LogP contribution in [0.3, 0.4) is 0 Å². The summed E-state index contributed by atoms with van der Waals surface area (Å²) < 4.78 is 33.6. The molecule has 13 nitrogen and oxygen atoms in total. The fraction of sp³-hybridized carbons (Fsp3) is 0.840. The SMILES string of the molecule is CCCC/C=C/C/C=C/CCCCCCCC(=O)O[C@@H](COC(=O)CCCCCCCCCCCCC/C=C/CCCCCCCC)COP(=O)(O)OC1C(O)C(O)C(O)[C@H](O)C1O. The molecule has 0 aliphatic heterocycles. The van der Waals surface area contributed by atoms with Crippen LogP contribution in [0.4, 0.5) is 0 Å². The van der Waals surface area contributed by atoms with Crippen molar-refractivity contribution in [3.8, 4) is 0 Å². The normalized spacial score (nSPS) is 21.8. The van der Waals surface area contributed by atoms with Crippen molar-refractivity contribution in [1.82, 2.24) is 0 Å². The van der Waals surface area contributed by atoms with Crippen LogP contribution in [0, 0.1) is 0 Å². The third-order valence-electron chi connectivity index (χ3n) is 11.7. The summed E-state index contributed by atoms with van der Waals surface area (Å²) in [6.07, 6.45) is 33.4. The van der Waals surface area contributed by atoms with Gasteiger partial charge in [-0.15, -0.1) is 0 Å². The molecule has 0 bridgehead atoms. The molecular weight excluding hydrogens is 840 g/mol. The number of aliphatic hydroxyl groups is 5. The van der Waals surface area contributed by atoms with Gasteiger partial charge in [-0.25, -0.2) is 4.57 Å². The standard InChI is InChI=1S/C50H91O13P/c1-3-5-7-9-11-13-15-17-19-20-21-22-23-24-25-27-28-30-32-34-36-38-43(51)60-40-42(41-61-64(58,59)63-50-48(56)46(54)45(53)47(55)49(50)57)62-44(52)39-37-35-33-31-29-26-18-16-14-12-10-8-6-4-2/h10,12,16-19,42,45-50,53-57H,3-9,11,13-15,20-41H2,1-2H3,(H,58,59)/b12-10+,18-16+,19-17+/t42-,45?,46-,47?,48?,49?,50?/m0/s1. The maximum Gasteiger partial charge on any atom is 0.472 e. The van der Waals surface area contributed by atoms with Crippen LogP contribution in [0.15, 0.2) is 36.5 Å². The highest BCUT2D eigenvalue weighted by molar-refractivity contribution is 7.47. The molecule has 1 saturated carbocycles. The second kappa shape index (κ2) is 40.2. The van der Waals surface area contributed by atoms with Gasteiger partial charge in [0.2, 0.25) is 0 Å². The lowest BCUT2D eigenvalue weighted by Gasteiger charge is -2.41. The molecule has 1 aliphatic rings. The molecule has 8 atom stereocenters. The van der Waals surface area contributed by atoms with Gasteiger partial charge < -0.3 is 39.9 Å². The smallest absolute Gasteiger partial charge is 0.462 e. The summed E-state index contributed by atoms with van der Waals surface area (Å²) in [6, 6.07) is 0. The van der Waals surface area contributed by atoms with E-state index in [1.807, 2.05) is 0 Å². The summed E-state index contributed by atoms with van der Waals surface area (Å²) in [5.74, 6) is -1.11. The first-order valence-corrected chi connectivity index (χ1v) is 26.8. The minimum Gasteiger partial charge on any atom is -0.462 e.